The first-order valence-corrected chi connectivity index (χ1v) is 16.6. The lowest BCUT2D eigenvalue weighted by Crippen LogP contribution is -2.44. The third-order valence-corrected chi connectivity index (χ3v) is 10.7. The lowest BCUT2D eigenvalue weighted by Gasteiger charge is -2.28. The molecular formula is C26H28Cl2F4N6O5S2. The molecule has 3 N–H and O–H groups in total. The van der Waals surface area contributed by atoms with E-state index in [0.717, 1.165) is 17.4 Å². The van der Waals surface area contributed by atoms with Gasteiger partial charge in [0.25, 0.3) is 11.8 Å². The topological polar surface area (TPSA) is 161 Å². The van der Waals surface area contributed by atoms with Crippen molar-refractivity contribution in [2.45, 2.75) is 69.7 Å². The minimum atomic E-state index is -4.85. The number of benzene rings is 1. The zero-order valence-corrected chi connectivity index (χ0v) is 27.2. The molecule has 3 aromatic rings. The molecule has 0 aliphatic carbocycles. The van der Waals surface area contributed by atoms with Gasteiger partial charge in [-0.25, -0.2) is 17.8 Å². The lowest BCUT2D eigenvalue weighted by molar-refractivity contribution is -0.151. The number of hydrogen-bond donors (Lipinski definition) is 2. The average Bonchev–Trinajstić information content (AvgIpc) is 3.59. The van der Waals surface area contributed by atoms with Gasteiger partial charge in [-0.2, -0.15) is 17.9 Å². The number of likely N-dealkylation sites (tertiary alicyclic amines) is 1. The van der Waals surface area contributed by atoms with E-state index in [1.54, 1.807) is 18.6 Å². The van der Waals surface area contributed by atoms with Crippen molar-refractivity contribution in [1.29, 1.82) is 0 Å². The molecule has 1 fully saturated rings. The molecule has 1 aliphatic heterocycles. The van der Waals surface area contributed by atoms with Gasteiger partial charge in [0.15, 0.2) is 5.01 Å². The Morgan fingerprint density at radius 2 is 1.82 bits per heavy atom. The molecule has 3 heterocycles. The Labute approximate surface area is 269 Å². The molecule has 2 aromatic heterocycles. The number of thiazole rings is 1. The van der Waals surface area contributed by atoms with E-state index < -0.39 is 62.0 Å². The van der Waals surface area contributed by atoms with Crippen LogP contribution in [0, 0.1) is 5.41 Å². The number of aromatic nitrogens is 3. The van der Waals surface area contributed by atoms with Gasteiger partial charge in [-0.15, -0.1) is 21.5 Å². The van der Waals surface area contributed by atoms with Crippen molar-refractivity contribution in [2.75, 3.05) is 13.1 Å². The molecule has 1 saturated heterocycles. The third-order valence-electron chi connectivity index (χ3n) is 7.13. The number of amides is 2. The van der Waals surface area contributed by atoms with Crippen LogP contribution in [0.5, 0.6) is 0 Å². The highest BCUT2D eigenvalue weighted by atomic mass is 35.5. The monoisotopic (exact) mass is 714 g/mol. The zero-order valence-electron chi connectivity index (χ0n) is 24.0. The molecule has 246 valence electrons. The van der Waals surface area contributed by atoms with Crippen LogP contribution in [0.1, 0.15) is 56.4 Å². The van der Waals surface area contributed by atoms with E-state index >= 15 is 0 Å². The number of piperidine rings is 1. The highest BCUT2D eigenvalue weighted by Crippen LogP contribution is 2.44. The Morgan fingerprint density at radius 3 is 2.40 bits per heavy atom. The van der Waals surface area contributed by atoms with Gasteiger partial charge < -0.3 is 15.1 Å². The van der Waals surface area contributed by atoms with E-state index in [2.05, 4.69) is 15.2 Å². The van der Waals surface area contributed by atoms with Gasteiger partial charge in [-0.3, -0.25) is 9.59 Å². The fraction of sp³-hybridized carbons (Fsp3) is 0.500. The summed E-state index contributed by atoms with van der Waals surface area (Å²) in [6.45, 7) is 4.56. The van der Waals surface area contributed by atoms with Crippen molar-refractivity contribution in [3.63, 3.8) is 0 Å². The first kappa shape index (κ1) is 35.0. The Kier molecular flexibility index (Phi) is 10.2. The molecule has 45 heavy (non-hydrogen) atoms. The number of carbonyl (C=O) groups excluding carboxylic acids is 2. The molecule has 1 aromatic carbocycles. The number of sulfonamides is 1. The smallest absolute Gasteiger partial charge is 0.404 e. The molecule has 1 aliphatic rings. The summed E-state index contributed by atoms with van der Waals surface area (Å²) in [5, 5.41) is 7.01. The van der Waals surface area contributed by atoms with Crippen LogP contribution in [-0.4, -0.2) is 71.8 Å². The summed E-state index contributed by atoms with van der Waals surface area (Å²) in [6.07, 6.45) is -6.25. The fourth-order valence-electron chi connectivity index (χ4n) is 4.36. The molecule has 1 atom stereocenters. The number of nitrogens with zero attached hydrogens (tertiary/aromatic N) is 4. The predicted octanol–water partition coefficient (Wildman–Crippen LogP) is 5.41. The van der Waals surface area contributed by atoms with Crippen LogP contribution in [0.2, 0.25) is 10.0 Å². The molecule has 1 unspecified atom stereocenters. The largest absolute Gasteiger partial charge is 0.419 e. The first-order valence-electron chi connectivity index (χ1n) is 13.5. The van der Waals surface area contributed by atoms with Crippen LogP contribution in [0.3, 0.4) is 0 Å². The number of halogens is 6. The molecule has 11 nitrogen and oxygen atoms in total. The van der Waals surface area contributed by atoms with Crippen LogP contribution in [0.15, 0.2) is 21.4 Å². The van der Waals surface area contributed by atoms with Crippen LogP contribution in [-0.2, 0) is 21.2 Å². The summed E-state index contributed by atoms with van der Waals surface area (Å²) < 4.78 is 86.8. The molecule has 19 heteroatoms. The Bertz CT molecular complexity index is 1710. The molecular weight excluding hydrogens is 687 g/mol. The molecule has 0 spiro atoms. The highest BCUT2D eigenvalue weighted by molar-refractivity contribution is 7.89. The summed E-state index contributed by atoms with van der Waals surface area (Å²) in [5.74, 6) is -1.23. The summed E-state index contributed by atoms with van der Waals surface area (Å²) in [6, 6.07) is -0.214. The van der Waals surface area contributed by atoms with Gasteiger partial charge in [0, 0.05) is 25.1 Å². The van der Waals surface area contributed by atoms with E-state index in [1.165, 1.54) is 17.9 Å². The number of primary amides is 1. The number of nitrogens with one attached hydrogen (secondary N) is 1. The number of rotatable bonds is 10. The van der Waals surface area contributed by atoms with Gasteiger partial charge in [-0.05, 0) is 25.3 Å². The second kappa shape index (κ2) is 13.1. The maximum absolute atomic E-state index is 13.8. The van der Waals surface area contributed by atoms with Crippen LogP contribution < -0.4 is 10.5 Å². The van der Waals surface area contributed by atoms with Crippen molar-refractivity contribution in [3.05, 3.63) is 33.8 Å². The highest BCUT2D eigenvalue weighted by Gasteiger charge is 2.42. The Balaban J connectivity index is 1.78. The van der Waals surface area contributed by atoms with Crippen molar-refractivity contribution in [2.24, 2.45) is 11.1 Å². The maximum atomic E-state index is 13.8. The van der Waals surface area contributed by atoms with E-state index in [0.29, 0.717) is 0 Å². The van der Waals surface area contributed by atoms with Crippen molar-refractivity contribution in [1.82, 2.24) is 24.8 Å². The normalized spacial score (nSPS) is 15.8. The molecule has 0 radical (unpaired) electrons. The van der Waals surface area contributed by atoms with Gasteiger partial charge in [0.1, 0.15) is 22.8 Å². The minimum Gasteiger partial charge on any atom is -0.419 e. The Morgan fingerprint density at radius 1 is 1.18 bits per heavy atom. The number of nitrogens with two attached hydrogens (primary N) is 1. The maximum Gasteiger partial charge on any atom is 0.404 e. The summed E-state index contributed by atoms with van der Waals surface area (Å²) in [7, 11) is -4.79. The molecule has 0 saturated carbocycles. The zero-order chi connectivity index (χ0) is 33.5. The minimum absolute atomic E-state index is 0.0101. The van der Waals surface area contributed by atoms with Gasteiger partial charge >= 0.3 is 6.18 Å². The lowest BCUT2D eigenvalue weighted by atomic mass is 9.89. The average molecular weight is 716 g/mol. The van der Waals surface area contributed by atoms with Crippen LogP contribution >= 0.6 is 34.5 Å². The van der Waals surface area contributed by atoms with E-state index in [-0.39, 0.29) is 70.3 Å². The predicted molar refractivity (Wildman–Crippen MR) is 158 cm³/mol. The molecule has 2 amide bonds. The van der Waals surface area contributed by atoms with Gasteiger partial charge in [0.2, 0.25) is 21.8 Å². The summed E-state index contributed by atoms with van der Waals surface area (Å²) in [5.41, 5.74) is 4.31. The van der Waals surface area contributed by atoms with E-state index in [1.807, 2.05) is 0 Å². The second-order valence-electron chi connectivity index (χ2n) is 11.0. The number of alkyl halides is 4. The third kappa shape index (κ3) is 7.59. The van der Waals surface area contributed by atoms with Crippen molar-refractivity contribution < 1.29 is 40.0 Å². The summed E-state index contributed by atoms with van der Waals surface area (Å²) >= 11 is 13.7. The summed E-state index contributed by atoms with van der Waals surface area (Å²) in [4.78, 5) is 30.6. The number of carbonyl (C=O) groups is 2. The molecule has 0 bridgehead atoms. The standard InChI is InChI=1S/C26H28Cl2F4N6O5S2/c1-4-15(26(30,31)32)37-45(41,42)14-6-5-13(17(27)18(14)28)20-19(23(39)38-9-7-12(29)8-10-38)34-22(44-20)21-36-35-16(43-21)11-25(2,3)24(33)40/h5-6,12,15,37H,4,7-11H2,1-3H3,(H2,33,40). The van der Waals surface area contributed by atoms with E-state index in [9.17, 15) is 35.6 Å². The van der Waals surface area contributed by atoms with Gasteiger partial charge in [-0.1, -0.05) is 50.0 Å². The van der Waals surface area contributed by atoms with Gasteiger partial charge in [0.05, 0.1) is 20.3 Å². The quantitative estimate of drug-likeness (QED) is 0.264. The number of hydrogen-bond acceptors (Lipinski definition) is 9. The molecule has 4 rings (SSSR count). The van der Waals surface area contributed by atoms with Crippen LogP contribution in [0.25, 0.3) is 21.3 Å². The Hall–Kier alpha value is -2.86. The first-order chi connectivity index (χ1) is 20.9. The van der Waals surface area contributed by atoms with E-state index in [4.69, 9.17) is 33.4 Å². The van der Waals surface area contributed by atoms with Crippen LogP contribution in [0.4, 0.5) is 17.6 Å². The fourth-order valence-corrected chi connectivity index (χ4v) is 7.60. The SMILES string of the molecule is CCC(NS(=O)(=O)c1ccc(-c2sc(-c3nnc(CC(C)(C)C(N)=O)o3)nc2C(=O)N2CCC(F)CC2)c(Cl)c1Cl)C(F)(F)F. The van der Waals surface area contributed by atoms with Crippen molar-refractivity contribution >= 4 is 56.4 Å². The second-order valence-corrected chi connectivity index (χ2v) is 14.4. The van der Waals surface area contributed by atoms with Crippen molar-refractivity contribution in [3.8, 4) is 21.3 Å².